The summed E-state index contributed by atoms with van der Waals surface area (Å²) in [6, 6.07) is 0.148. The third-order valence-electron chi connectivity index (χ3n) is 5.75. The highest BCUT2D eigenvalue weighted by atomic mass is 16.5. The zero-order chi connectivity index (χ0) is 15.2. The fourth-order valence-electron chi connectivity index (χ4n) is 4.16. The van der Waals surface area contributed by atoms with Gasteiger partial charge in [0.1, 0.15) is 0 Å². The van der Waals surface area contributed by atoms with Crippen LogP contribution in [0.3, 0.4) is 0 Å². The monoisotopic (exact) mass is 309 g/mol. The van der Waals surface area contributed by atoms with E-state index in [4.69, 9.17) is 4.74 Å². The zero-order valence-electron chi connectivity index (χ0n) is 13.7. The first-order chi connectivity index (χ1) is 10.8. The Morgan fingerprint density at radius 3 is 2.55 bits per heavy atom. The van der Waals surface area contributed by atoms with Gasteiger partial charge in [-0.1, -0.05) is 0 Å². The van der Waals surface area contributed by atoms with Gasteiger partial charge in [0, 0.05) is 32.8 Å². The molecule has 0 radical (unpaired) electrons. The van der Waals surface area contributed by atoms with Gasteiger partial charge in [0.2, 0.25) is 0 Å². The van der Waals surface area contributed by atoms with Gasteiger partial charge in [-0.05, 0) is 69.4 Å². The maximum atomic E-state index is 12.2. The van der Waals surface area contributed by atoms with Crippen molar-refractivity contribution >= 4 is 6.03 Å². The van der Waals surface area contributed by atoms with Crippen LogP contribution in [0, 0.1) is 17.8 Å². The van der Waals surface area contributed by atoms with E-state index in [0.717, 1.165) is 83.0 Å². The Labute approximate surface area is 134 Å². The van der Waals surface area contributed by atoms with Crippen molar-refractivity contribution in [1.82, 2.24) is 15.5 Å². The lowest BCUT2D eigenvalue weighted by Gasteiger charge is -2.34. The van der Waals surface area contributed by atoms with E-state index in [1.54, 1.807) is 0 Å². The largest absolute Gasteiger partial charge is 0.381 e. The lowest BCUT2D eigenvalue weighted by Crippen LogP contribution is -2.46. The number of carbonyl (C=O) groups excluding carboxylic acids is 1. The SMILES string of the molecule is O=C(NCCC1CCNCC1)N1CCC(C2CCOC2)CC1. The smallest absolute Gasteiger partial charge is 0.317 e. The molecule has 2 N–H and O–H groups in total. The number of carbonyl (C=O) groups is 1. The molecule has 1 atom stereocenters. The lowest BCUT2D eigenvalue weighted by molar-refractivity contribution is 0.131. The normalized spacial score (nSPS) is 28.0. The first-order valence-corrected chi connectivity index (χ1v) is 9.14. The van der Waals surface area contributed by atoms with Gasteiger partial charge in [-0.25, -0.2) is 4.79 Å². The number of hydrogen-bond donors (Lipinski definition) is 2. The standard InChI is InChI=1S/C17H31N3O2/c21-17(19-9-3-14-1-7-18-8-2-14)20-10-4-15(5-11-20)16-6-12-22-13-16/h14-16,18H,1-13H2,(H,19,21). The third kappa shape index (κ3) is 4.35. The summed E-state index contributed by atoms with van der Waals surface area (Å²) in [7, 11) is 0. The Morgan fingerprint density at radius 2 is 1.86 bits per heavy atom. The predicted molar refractivity (Wildman–Crippen MR) is 86.8 cm³/mol. The minimum absolute atomic E-state index is 0.148. The number of amides is 2. The number of urea groups is 1. The molecule has 2 amide bonds. The number of rotatable bonds is 4. The fraction of sp³-hybridized carbons (Fsp3) is 0.941. The molecule has 0 aliphatic carbocycles. The molecule has 5 nitrogen and oxygen atoms in total. The first kappa shape index (κ1) is 16.1. The molecule has 22 heavy (non-hydrogen) atoms. The quantitative estimate of drug-likeness (QED) is 0.833. The molecular weight excluding hydrogens is 278 g/mol. The molecule has 3 aliphatic rings. The average molecular weight is 309 g/mol. The summed E-state index contributed by atoms with van der Waals surface area (Å²) in [6.45, 7) is 6.81. The van der Waals surface area contributed by atoms with Crippen molar-refractivity contribution in [2.45, 2.75) is 38.5 Å². The summed E-state index contributed by atoms with van der Waals surface area (Å²) in [5, 5.41) is 6.51. The van der Waals surface area contributed by atoms with E-state index >= 15 is 0 Å². The Kier molecular flexibility index (Phi) is 5.96. The van der Waals surface area contributed by atoms with Crippen LogP contribution in [0.4, 0.5) is 4.79 Å². The van der Waals surface area contributed by atoms with Crippen LogP contribution in [-0.2, 0) is 4.74 Å². The van der Waals surface area contributed by atoms with Crippen molar-refractivity contribution in [2.24, 2.45) is 17.8 Å². The van der Waals surface area contributed by atoms with Crippen LogP contribution in [0.25, 0.3) is 0 Å². The van der Waals surface area contributed by atoms with Gasteiger partial charge >= 0.3 is 6.03 Å². The Bertz CT molecular complexity index is 344. The molecule has 1 unspecified atom stereocenters. The summed E-state index contributed by atoms with van der Waals surface area (Å²) >= 11 is 0. The van der Waals surface area contributed by atoms with Crippen LogP contribution in [-0.4, -0.2) is 56.9 Å². The van der Waals surface area contributed by atoms with Crippen molar-refractivity contribution in [2.75, 3.05) is 45.9 Å². The lowest BCUT2D eigenvalue weighted by atomic mass is 9.84. The molecule has 126 valence electrons. The highest BCUT2D eigenvalue weighted by Crippen LogP contribution is 2.30. The average Bonchev–Trinajstić information content (AvgIpc) is 3.10. The highest BCUT2D eigenvalue weighted by Gasteiger charge is 2.30. The Morgan fingerprint density at radius 1 is 1.09 bits per heavy atom. The van der Waals surface area contributed by atoms with Crippen LogP contribution in [0.15, 0.2) is 0 Å². The maximum Gasteiger partial charge on any atom is 0.317 e. The second kappa shape index (κ2) is 8.16. The van der Waals surface area contributed by atoms with Gasteiger partial charge in [0.25, 0.3) is 0 Å². The first-order valence-electron chi connectivity index (χ1n) is 9.14. The number of ether oxygens (including phenoxy) is 1. The Balaban J connectivity index is 1.31. The van der Waals surface area contributed by atoms with Crippen molar-refractivity contribution in [1.29, 1.82) is 0 Å². The molecule has 0 aromatic heterocycles. The second-order valence-electron chi connectivity index (χ2n) is 7.16. The van der Waals surface area contributed by atoms with Gasteiger partial charge in [0.05, 0.1) is 0 Å². The summed E-state index contributed by atoms with van der Waals surface area (Å²) in [4.78, 5) is 14.3. The van der Waals surface area contributed by atoms with Crippen LogP contribution < -0.4 is 10.6 Å². The van der Waals surface area contributed by atoms with Gasteiger partial charge in [-0.3, -0.25) is 0 Å². The molecular formula is C17H31N3O2. The molecule has 0 aromatic rings. The second-order valence-corrected chi connectivity index (χ2v) is 7.16. The Hall–Kier alpha value is -0.810. The highest BCUT2D eigenvalue weighted by molar-refractivity contribution is 5.74. The van der Waals surface area contributed by atoms with Crippen molar-refractivity contribution in [3.8, 4) is 0 Å². The molecule has 3 aliphatic heterocycles. The van der Waals surface area contributed by atoms with Gasteiger partial charge in [0.15, 0.2) is 0 Å². The zero-order valence-corrected chi connectivity index (χ0v) is 13.7. The van der Waals surface area contributed by atoms with E-state index in [2.05, 4.69) is 10.6 Å². The third-order valence-corrected chi connectivity index (χ3v) is 5.75. The molecule has 5 heteroatoms. The number of nitrogens with one attached hydrogen (secondary N) is 2. The van der Waals surface area contributed by atoms with Gasteiger partial charge < -0.3 is 20.3 Å². The maximum absolute atomic E-state index is 12.2. The summed E-state index contributed by atoms with van der Waals surface area (Å²) in [6.07, 6.45) is 7.15. The number of nitrogens with zero attached hydrogens (tertiary/aromatic N) is 1. The molecule has 0 spiro atoms. The number of likely N-dealkylation sites (tertiary alicyclic amines) is 1. The van der Waals surface area contributed by atoms with E-state index in [0.29, 0.717) is 0 Å². The van der Waals surface area contributed by atoms with E-state index in [1.807, 2.05) is 4.90 Å². The van der Waals surface area contributed by atoms with Crippen molar-refractivity contribution in [3.63, 3.8) is 0 Å². The summed E-state index contributed by atoms with van der Waals surface area (Å²) < 4.78 is 5.50. The molecule has 0 bridgehead atoms. The van der Waals surface area contributed by atoms with E-state index < -0.39 is 0 Å². The van der Waals surface area contributed by atoms with E-state index in [1.165, 1.54) is 19.3 Å². The molecule has 3 rings (SSSR count). The minimum atomic E-state index is 0.148. The number of piperidine rings is 2. The van der Waals surface area contributed by atoms with Crippen LogP contribution >= 0.6 is 0 Å². The fourth-order valence-corrected chi connectivity index (χ4v) is 4.16. The molecule has 0 saturated carbocycles. The van der Waals surface area contributed by atoms with Crippen molar-refractivity contribution in [3.05, 3.63) is 0 Å². The minimum Gasteiger partial charge on any atom is -0.381 e. The summed E-state index contributed by atoms with van der Waals surface area (Å²) in [5.74, 6) is 2.29. The predicted octanol–water partition coefficient (Wildman–Crippen LogP) is 1.83. The number of hydrogen-bond acceptors (Lipinski definition) is 3. The van der Waals surface area contributed by atoms with E-state index in [9.17, 15) is 4.79 Å². The van der Waals surface area contributed by atoms with Crippen LogP contribution in [0.1, 0.15) is 38.5 Å². The van der Waals surface area contributed by atoms with Crippen LogP contribution in [0.2, 0.25) is 0 Å². The molecule has 3 heterocycles. The summed E-state index contributed by atoms with van der Waals surface area (Å²) in [5.41, 5.74) is 0. The van der Waals surface area contributed by atoms with Crippen LogP contribution in [0.5, 0.6) is 0 Å². The van der Waals surface area contributed by atoms with E-state index in [-0.39, 0.29) is 6.03 Å². The van der Waals surface area contributed by atoms with Gasteiger partial charge in [-0.15, -0.1) is 0 Å². The molecule has 0 aromatic carbocycles. The van der Waals surface area contributed by atoms with Gasteiger partial charge in [-0.2, -0.15) is 0 Å². The molecule has 3 fully saturated rings. The molecule has 3 saturated heterocycles. The van der Waals surface area contributed by atoms with Crippen molar-refractivity contribution < 1.29 is 9.53 Å². The topological polar surface area (TPSA) is 53.6 Å².